The molecule has 0 spiro atoms. The number of aliphatic hydroxyl groups excluding tert-OH is 1. The van der Waals surface area contributed by atoms with Crippen LogP contribution in [0.5, 0.6) is 0 Å². The van der Waals surface area contributed by atoms with Gasteiger partial charge >= 0.3 is 0 Å². The monoisotopic (exact) mass is 711 g/mol. The fourth-order valence-electron chi connectivity index (χ4n) is 7.73. The first-order valence-electron chi connectivity index (χ1n) is 19.4. The van der Waals surface area contributed by atoms with E-state index in [-0.39, 0.29) is 30.6 Å². The molecule has 3 aliphatic rings. The number of carbonyl (C=O) groups is 2. The van der Waals surface area contributed by atoms with Crippen molar-refractivity contribution in [2.24, 2.45) is 0 Å². The summed E-state index contributed by atoms with van der Waals surface area (Å²) in [5.41, 5.74) is 11.1. The minimum Gasteiger partial charge on any atom is -0.397 e. The fraction of sp³-hybridized carbons (Fsp3) is 0.524. The molecule has 4 atom stereocenters. The van der Waals surface area contributed by atoms with E-state index in [1.807, 2.05) is 36.4 Å². The minimum atomic E-state index is -0.493. The molecule has 10 heteroatoms. The molecule has 6 rings (SSSR count). The number of aliphatic hydroxyl groups is 1. The number of ether oxygens (including phenoxy) is 2. The molecule has 3 aromatic rings. The number of para-hydroxylation sites is 2. The molecule has 3 heterocycles. The molecular weight excluding hydrogens is 654 g/mol. The summed E-state index contributed by atoms with van der Waals surface area (Å²) in [6.45, 7) is 6.10. The van der Waals surface area contributed by atoms with Gasteiger partial charge in [0.25, 0.3) is 0 Å². The van der Waals surface area contributed by atoms with Crippen molar-refractivity contribution in [2.45, 2.75) is 108 Å². The van der Waals surface area contributed by atoms with E-state index < -0.39 is 6.29 Å². The molecule has 52 heavy (non-hydrogen) atoms. The molecule has 5 N–H and O–H groups in total. The van der Waals surface area contributed by atoms with E-state index in [1.54, 1.807) is 12.1 Å². The summed E-state index contributed by atoms with van der Waals surface area (Å²) in [6.07, 6.45) is 9.58. The average Bonchev–Trinajstić information content (AvgIpc) is 3.85. The summed E-state index contributed by atoms with van der Waals surface area (Å²) in [6, 6.07) is 24.1. The molecule has 0 bridgehead atoms. The SMILES string of the molecule is Nc1ccccc1NC(=O)CCCCCCC(=O)NCc1ccc([C@@H]2O[C@H](CN3CCC[C@H]3CN3CCCC3)C[C@H](c3ccc(CO)cc3)O2)cc1. The Balaban J connectivity index is 0.957. The smallest absolute Gasteiger partial charge is 0.224 e. The van der Waals surface area contributed by atoms with Crippen LogP contribution < -0.4 is 16.4 Å². The lowest BCUT2D eigenvalue weighted by atomic mass is 9.99. The van der Waals surface area contributed by atoms with Gasteiger partial charge in [-0.05, 0) is 87.0 Å². The Kier molecular flexibility index (Phi) is 14.1. The number of nitrogens with one attached hydrogen (secondary N) is 2. The highest BCUT2D eigenvalue weighted by molar-refractivity contribution is 5.93. The number of nitrogens with two attached hydrogens (primary N) is 1. The predicted molar refractivity (Wildman–Crippen MR) is 204 cm³/mol. The van der Waals surface area contributed by atoms with Crippen LogP contribution in [0.15, 0.2) is 72.8 Å². The molecule has 3 aromatic carbocycles. The van der Waals surface area contributed by atoms with E-state index in [0.29, 0.717) is 36.8 Å². The lowest BCUT2D eigenvalue weighted by Gasteiger charge is -2.39. The van der Waals surface area contributed by atoms with Gasteiger partial charge in [-0.2, -0.15) is 0 Å². The molecule has 0 radical (unpaired) electrons. The third kappa shape index (κ3) is 11.1. The fourth-order valence-corrected chi connectivity index (χ4v) is 7.73. The highest BCUT2D eigenvalue weighted by Gasteiger charge is 2.36. The van der Waals surface area contributed by atoms with Gasteiger partial charge in [0.15, 0.2) is 6.29 Å². The summed E-state index contributed by atoms with van der Waals surface area (Å²) >= 11 is 0. The Morgan fingerprint density at radius 3 is 2.19 bits per heavy atom. The van der Waals surface area contributed by atoms with Crippen molar-refractivity contribution in [1.29, 1.82) is 0 Å². The van der Waals surface area contributed by atoms with Gasteiger partial charge in [0.1, 0.15) is 0 Å². The number of likely N-dealkylation sites (tertiary alicyclic amines) is 2. The van der Waals surface area contributed by atoms with E-state index in [0.717, 1.165) is 74.0 Å². The lowest BCUT2D eigenvalue weighted by Crippen LogP contribution is -2.45. The maximum absolute atomic E-state index is 12.6. The molecule has 0 saturated carbocycles. The van der Waals surface area contributed by atoms with Gasteiger partial charge < -0.3 is 35.8 Å². The quantitative estimate of drug-likeness (QED) is 0.0928. The molecule has 0 aliphatic carbocycles. The van der Waals surface area contributed by atoms with Gasteiger partial charge in [-0.25, -0.2) is 0 Å². The molecule has 3 fully saturated rings. The number of nitrogen functional groups attached to an aromatic ring is 1. The van der Waals surface area contributed by atoms with Gasteiger partial charge in [0.05, 0.1) is 30.2 Å². The first-order chi connectivity index (χ1) is 25.4. The first kappa shape index (κ1) is 37.9. The number of unbranched alkanes of at least 4 members (excludes halogenated alkanes) is 3. The normalized spacial score (nSPS) is 22.4. The van der Waals surface area contributed by atoms with E-state index in [4.69, 9.17) is 15.2 Å². The molecule has 0 unspecified atom stereocenters. The number of hydrogen-bond donors (Lipinski definition) is 4. The van der Waals surface area contributed by atoms with Crippen molar-refractivity contribution in [3.8, 4) is 0 Å². The highest BCUT2D eigenvalue weighted by atomic mass is 16.7. The largest absolute Gasteiger partial charge is 0.397 e. The van der Waals surface area contributed by atoms with Crippen molar-refractivity contribution in [3.63, 3.8) is 0 Å². The van der Waals surface area contributed by atoms with Crippen molar-refractivity contribution in [2.75, 3.05) is 43.8 Å². The topological polar surface area (TPSA) is 129 Å². The maximum atomic E-state index is 12.6. The van der Waals surface area contributed by atoms with E-state index in [2.05, 4.69) is 44.7 Å². The molecule has 3 aliphatic heterocycles. The first-order valence-corrected chi connectivity index (χ1v) is 19.4. The van der Waals surface area contributed by atoms with Gasteiger partial charge in [0, 0.05) is 50.5 Å². The zero-order valence-electron chi connectivity index (χ0n) is 30.5. The Hall–Kier alpha value is -3.80. The Labute approximate surface area is 309 Å². The summed E-state index contributed by atoms with van der Waals surface area (Å²) in [7, 11) is 0. The van der Waals surface area contributed by atoms with Crippen molar-refractivity contribution < 1.29 is 24.2 Å². The van der Waals surface area contributed by atoms with Crippen LogP contribution >= 0.6 is 0 Å². The molecule has 0 aromatic heterocycles. The van der Waals surface area contributed by atoms with E-state index in [9.17, 15) is 14.7 Å². The molecular formula is C42H57N5O5. The molecule has 3 saturated heterocycles. The van der Waals surface area contributed by atoms with E-state index >= 15 is 0 Å². The second-order valence-corrected chi connectivity index (χ2v) is 14.7. The van der Waals surface area contributed by atoms with Gasteiger partial charge in [0.2, 0.25) is 11.8 Å². The van der Waals surface area contributed by atoms with Crippen molar-refractivity contribution in [1.82, 2.24) is 15.1 Å². The van der Waals surface area contributed by atoms with Crippen molar-refractivity contribution in [3.05, 3.63) is 95.1 Å². The standard InChI is InChI=1S/C42H57N5O5/c43-37-11-5-6-12-38(37)45-41(50)14-4-2-1-3-13-40(49)44-27-31-15-21-34(22-16-31)42-51-36(26-39(52-42)33-19-17-32(30-48)18-20-33)29-47-25-9-10-35(47)28-46-23-7-8-24-46/h5-6,11-12,15-22,35-36,39,42,48H,1-4,7-10,13-14,23-30,43H2,(H,44,49)(H,45,50)/t35-,36-,39+,42+/m0/s1. The van der Waals surface area contributed by atoms with Crippen LogP contribution in [0.4, 0.5) is 11.4 Å². The second-order valence-electron chi connectivity index (χ2n) is 14.7. The predicted octanol–water partition coefficient (Wildman–Crippen LogP) is 6.46. The molecule has 2 amide bonds. The zero-order chi connectivity index (χ0) is 36.1. The number of hydrogen-bond acceptors (Lipinski definition) is 8. The summed E-state index contributed by atoms with van der Waals surface area (Å²) in [4.78, 5) is 30.1. The van der Waals surface area contributed by atoms with Gasteiger partial charge in [-0.15, -0.1) is 0 Å². The van der Waals surface area contributed by atoms with Crippen LogP contribution in [0.1, 0.15) is 105 Å². The Morgan fingerprint density at radius 1 is 0.769 bits per heavy atom. The third-order valence-corrected chi connectivity index (χ3v) is 10.8. The van der Waals surface area contributed by atoms with E-state index in [1.165, 1.54) is 38.8 Å². The maximum Gasteiger partial charge on any atom is 0.224 e. The number of nitrogens with zero attached hydrogens (tertiary/aromatic N) is 2. The average molecular weight is 712 g/mol. The second kappa shape index (κ2) is 19.3. The molecule has 280 valence electrons. The summed E-state index contributed by atoms with van der Waals surface area (Å²) in [5.74, 6) is -0.0110. The Morgan fingerprint density at radius 2 is 1.46 bits per heavy atom. The van der Waals surface area contributed by atoms with Crippen LogP contribution in [-0.4, -0.2) is 71.6 Å². The number of benzene rings is 3. The summed E-state index contributed by atoms with van der Waals surface area (Å²) in [5, 5.41) is 15.5. The number of anilines is 2. The number of carbonyl (C=O) groups excluding carboxylic acids is 2. The van der Waals surface area contributed by atoms with Crippen LogP contribution in [0.2, 0.25) is 0 Å². The summed E-state index contributed by atoms with van der Waals surface area (Å²) < 4.78 is 13.3. The van der Waals surface area contributed by atoms with Crippen LogP contribution in [0.25, 0.3) is 0 Å². The van der Waals surface area contributed by atoms with Crippen LogP contribution in [0.3, 0.4) is 0 Å². The Bertz CT molecular complexity index is 1560. The number of rotatable bonds is 17. The lowest BCUT2D eigenvalue weighted by molar-refractivity contribution is -0.253. The number of amides is 2. The van der Waals surface area contributed by atoms with Crippen molar-refractivity contribution >= 4 is 23.2 Å². The van der Waals surface area contributed by atoms with Gasteiger partial charge in [-0.1, -0.05) is 73.5 Å². The minimum absolute atomic E-state index is 0.0221. The van der Waals surface area contributed by atoms with Crippen LogP contribution in [0, 0.1) is 0 Å². The zero-order valence-corrected chi connectivity index (χ0v) is 30.5. The highest BCUT2D eigenvalue weighted by Crippen LogP contribution is 2.39. The van der Waals surface area contributed by atoms with Gasteiger partial charge in [-0.3, -0.25) is 14.5 Å². The molecule has 10 nitrogen and oxygen atoms in total. The third-order valence-electron chi connectivity index (χ3n) is 10.8. The van der Waals surface area contributed by atoms with Crippen LogP contribution in [-0.2, 0) is 32.2 Å².